The van der Waals surface area contributed by atoms with Crippen LogP contribution in [-0.2, 0) is 0 Å². The summed E-state index contributed by atoms with van der Waals surface area (Å²) in [5.74, 6) is 8.08. The minimum atomic E-state index is -0.114. The van der Waals surface area contributed by atoms with Gasteiger partial charge in [-0.2, -0.15) is 0 Å². The molecule has 0 spiro atoms. The van der Waals surface area contributed by atoms with Crippen LogP contribution in [0.15, 0.2) is 27.9 Å². The number of aromatic nitrogens is 1. The summed E-state index contributed by atoms with van der Waals surface area (Å²) >= 11 is 0. The fraction of sp³-hybridized carbons (Fsp3) is 0.556. The Hall–Kier alpha value is -1.96. The van der Waals surface area contributed by atoms with Gasteiger partial charge in [-0.25, -0.2) is 10.8 Å². The molecule has 3 heterocycles. The maximum Gasteiger partial charge on any atom is 0.141 e. The van der Waals surface area contributed by atoms with E-state index in [0.29, 0.717) is 11.8 Å². The number of likely N-dealkylation sites (tertiary alicyclic amines) is 1. The molecule has 1 aromatic rings. The van der Waals surface area contributed by atoms with Gasteiger partial charge >= 0.3 is 0 Å². The van der Waals surface area contributed by atoms with Gasteiger partial charge in [-0.3, -0.25) is 14.9 Å². The van der Waals surface area contributed by atoms with E-state index in [1.807, 2.05) is 12.3 Å². The first-order valence-electron chi connectivity index (χ1n) is 9.03. The number of aromatic amines is 1. The quantitative estimate of drug-likeness (QED) is 0.574. The van der Waals surface area contributed by atoms with Gasteiger partial charge in [0.05, 0.1) is 17.5 Å². The van der Waals surface area contributed by atoms with Gasteiger partial charge in [0.25, 0.3) is 0 Å². The number of H-pyrrole nitrogens is 1. The van der Waals surface area contributed by atoms with Crippen molar-refractivity contribution in [2.45, 2.75) is 31.8 Å². The van der Waals surface area contributed by atoms with E-state index in [1.54, 1.807) is 11.3 Å². The Morgan fingerprint density at radius 2 is 2.12 bits per heavy atom. The van der Waals surface area contributed by atoms with Crippen molar-refractivity contribution in [3.8, 4) is 0 Å². The summed E-state index contributed by atoms with van der Waals surface area (Å²) in [6.07, 6.45) is 7.95. The molecule has 0 bridgehead atoms. The number of aliphatic hydroxyl groups excluding tert-OH is 1. The molecule has 0 atom stereocenters. The molecule has 7 heteroatoms. The number of fused-ring (bicyclic) bond motifs is 1. The predicted molar refractivity (Wildman–Crippen MR) is 99.3 cm³/mol. The molecule has 1 saturated carbocycles. The number of hydrazine groups is 1. The molecule has 25 heavy (non-hydrogen) atoms. The van der Waals surface area contributed by atoms with Crippen LogP contribution in [-0.4, -0.2) is 58.8 Å². The number of nitrogens with zero attached hydrogens (tertiary/aromatic N) is 4. The van der Waals surface area contributed by atoms with E-state index in [0.717, 1.165) is 55.3 Å². The van der Waals surface area contributed by atoms with E-state index >= 15 is 0 Å². The Labute approximate surface area is 147 Å². The summed E-state index contributed by atoms with van der Waals surface area (Å²) in [6, 6.07) is 1.99. The first-order valence-corrected chi connectivity index (χ1v) is 9.03. The second kappa shape index (κ2) is 6.74. The van der Waals surface area contributed by atoms with Crippen molar-refractivity contribution in [1.82, 2.24) is 14.9 Å². The topological polar surface area (TPSA) is 93.2 Å². The van der Waals surface area contributed by atoms with Crippen molar-refractivity contribution in [3.63, 3.8) is 0 Å². The number of β-amino-alcohol motifs (C(OH)–C–C–N with tert-alkyl or cyclic N) is 1. The number of hydrogen-bond acceptors (Lipinski definition) is 6. The summed E-state index contributed by atoms with van der Waals surface area (Å²) < 4.78 is 0. The van der Waals surface area contributed by atoms with Gasteiger partial charge in [0.15, 0.2) is 0 Å². The third kappa shape index (κ3) is 3.15. The fourth-order valence-corrected chi connectivity index (χ4v) is 4.32. The Bertz CT molecular complexity index is 694. The first-order chi connectivity index (χ1) is 12.2. The van der Waals surface area contributed by atoms with Crippen molar-refractivity contribution in [1.29, 1.82) is 0 Å². The third-order valence-corrected chi connectivity index (χ3v) is 5.65. The minimum Gasteiger partial charge on any atom is -0.390 e. The van der Waals surface area contributed by atoms with Crippen LogP contribution >= 0.6 is 0 Å². The van der Waals surface area contributed by atoms with Gasteiger partial charge in [-0.15, -0.1) is 0 Å². The first kappa shape index (κ1) is 16.5. The standard InChI is InChI=1S/C18H26N6O/c1-20-16(17-15-6-7-21-18(15)22-11-24(17)19)13-4-2-12(3-5-13)8-23-9-14(25)10-23/h6-7,11-14,21,25H,1-5,8-10,19H2/b17-16-/t12-,13-. The second-order valence-electron chi connectivity index (χ2n) is 7.37. The highest BCUT2D eigenvalue weighted by molar-refractivity contribution is 5.87. The van der Waals surface area contributed by atoms with Gasteiger partial charge in [0, 0.05) is 37.3 Å². The highest BCUT2D eigenvalue weighted by Gasteiger charge is 2.32. The maximum atomic E-state index is 9.43. The zero-order chi connectivity index (χ0) is 17.4. The summed E-state index contributed by atoms with van der Waals surface area (Å²) in [6.45, 7) is 6.60. The summed E-state index contributed by atoms with van der Waals surface area (Å²) in [5, 5.41) is 11.0. The van der Waals surface area contributed by atoms with Crippen LogP contribution < -0.4 is 5.84 Å². The van der Waals surface area contributed by atoms with Crippen molar-refractivity contribution < 1.29 is 5.11 Å². The normalized spacial score (nSPS) is 29.3. The van der Waals surface area contributed by atoms with Crippen molar-refractivity contribution >= 4 is 24.6 Å². The number of nitrogens with one attached hydrogen (secondary N) is 1. The molecule has 1 aliphatic carbocycles. The lowest BCUT2D eigenvalue weighted by Crippen LogP contribution is -2.52. The van der Waals surface area contributed by atoms with Crippen molar-refractivity contribution in [3.05, 3.63) is 23.5 Å². The lowest BCUT2D eigenvalue weighted by molar-refractivity contribution is -0.0103. The Morgan fingerprint density at radius 3 is 2.80 bits per heavy atom. The average Bonchev–Trinajstić information content (AvgIpc) is 3.06. The molecule has 0 unspecified atom stereocenters. The number of nitrogens with two attached hydrogens (primary N) is 1. The Morgan fingerprint density at radius 1 is 1.36 bits per heavy atom. The van der Waals surface area contributed by atoms with Crippen LogP contribution in [0, 0.1) is 11.8 Å². The second-order valence-corrected chi connectivity index (χ2v) is 7.37. The molecule has 2 fully saturated rings. The van der Waals surface area contributed by atoms with Gasteiger partial charge in [0.1, 0.15) is 12.2 Å². The zero-order valence-electron chi connectivity index (χ0n) is 14.4. The smallest absolute Gasteiger partial charge is 0.141 e. The van der Waals surface area contributed by atoms with E-state index in [4.69, 9.17) is 5.84 Å². The lowest BCUT2D eigenvalue weighted by atomic mass is 9.79. The predicted octanol–water partition coefficient (Wildman–Crippen LogP) is 1.72. The molecule has 0 amide bonds. The molecule has 1 aromatic heterocycles. The highest BCUT2D eigenvalue weighted by atomic mass is 16.3. The molecule has 1 saturated heterocycles. The summed E-state index contributed by atoms with van der Waals surface area (Å²) in [5.41, 5.74) is 2.88. The summed E-state index contributed by atoms with van der Waals surface area (Å²) in [7, 11) is 0. The molecule has 0 radical (unpaired) electrons. The van der Waals surface area contributed by atoms with Gasteiger partial charge in [-0.05, 0) is 44.4 Å². The van der Waals surface area contributed by atoms with E-state index in [-0.39, 0.29) is 6.10 Å². The van der Waals surface area contributed by atoms with E-state index in [2.05, 4.69) is 26.6 Å². The third-order valence-electron chi connectivity index (χ3n) is 5.65. The lowest BCUT2D eigenvalue weighted by Gasteiger charge is -2.40. The number of allylic oxidation sites excluding steroid dienone is 1. The number of hydrogen-bond donors (Lipinski definition) is 3. The molecule has 4 rings (SSSR count). The van der Waals surface area contributed by atoms with Crippen LogP contribution in [0.2, 0.25) is 0 Å². The molecule has 134 valence electrons. The van der Waals surface area contributed by atoms with E-state index in [1.165, 1.54) is 12.8 Å². The van der Waals surface area contributed by atoms with Crippen molar-refractivity contribution in [2.75, 3.05) is 19.6 Å². The van der Waals surface area contributed by atoms with Crippen LogP contribution in [0.4, 0.5) is 5.82 Å². The zero-order valence-corrected chi connectivity index (χ0v) is 14.4. The van der Waals surface area contributed by atoms with Crippen LogP contribution in [0.25, 0.3) is 5.70 Å². The molecule has 0 aromatic carbocycles. The highest BCUT2D eigenvalue weighted by Crippen LogP contribution is 2.40. The van der Waals surface area contributed by atoms with Gasteiger partial charge in [0.2, 0.25) is 0 Å². The molecular formula is C18H26N6O. The largest absolute Gasteiger partial charge is 0.390 e. The van der Waals surface area contributed by atoms with Crippen LogP contribution in [0.3, 0.4) is 0 Å². The number of aliphatic imine (C=N–C) groups is 2. The molecule has 2 aliphatic heterocycles. The molecular weight excluding hydrogens is 316 g/mol. The summed E-state index contributed by atoms with van der Waals surface area (Å²) in [4.78, 5) is 14.2. The monoisotopic (exact) mass is 342 g/mol. The Balaban J connectivity index is 1.47. The fourth-order valence-electron chi connectivity index (χ4n) is 4.32. The Kier molecular flexibility index (Phi) is 4.45. The molecule has 4 N–H and O–H groups in total. The average molecular weight is 342 g/mol. The minimum absolute atomic E-state index is 0.114. The number of rotatable bonds is 4. The van der Waals surface area contributed by atoms with E-state index in [9.17, 15) is 5.11 Å². The maximum absolute atomic E-state index is 9.43. The van der Waals surface area contributed by atoms with E-state index < -0.39 is 0 Å². The molecule has 3 aliphatic rings. The van der Waals surface area contributed by atoms with Gasteiger partial charge < -0.3 is 10.1 Å². The van der Waals surface area contributed by atoms with Crippen LogP contribution in [0.1, 0.15) is 31.2 Å². The van der Waals surface area contributed by atoms with Crippen LogP contribution in [0.5, 0.6) is 0 Å². The van der Waals surface area contributed by atoms with Crippen molar-refractivity contribution in [2.24, 2.45) is 27.7 Å². The SMILES string of the molecule is C=N/C(=C1/c2cc[nH]c2N=CN1N)[C@H]1CC[C@H](CN2CC(O)C2)CC1. The molecule has 7 nitrogen and oxygen atoms in total. The van der Waals surface area contributed by atoms with Gasteiger partial charge in [-0.1, -0.05) is 0 Å². The number of aliphatic hydroxyl groups is 1.